The van der Waals surface area contributed by atoms with Crippen molar-refractivity contribution in [3.05, 3.63) is 40.6 Å². The maximum Gasteiger partial charge on any atom is 0.280 e. The molecule has 0 spiro atoms. The van der Waals surface area contributed by atoms with E-state index >= 15 is 0 Å². The molecule has 1 aromatic carbocycles. The van der Waals surface area contributed by atoms with Crippen LogP contribution in [0.4, 0.5) is 5.00 Å². The molecule has 1 amide bonds. The van der Waals surface area contributed by atoms with Crippen LogP contribution in [0.1, 0.15) is 36.2 Å². The smallest absolute Gasteiger partial charge is 0.280 e. The van der Waals surface area contributed by atoms with Crippen molar-refractivity contribution >= 4 is 28.2 Å². The molecule has 0 unspecified atom stereocenters. The Kier molecular flexibility index (Phi) is 5.56. The number of ether oxygens (including phenoxy) is 1. The fraction of sp³-hybridized carbons (Fsp3) is 0.353. The average Bonchev–Trinajstić information content (AvgIpc) is 2.88. The van der Waals surface area contributed by atoms with Crippen molar-refractivity contribution in [3.8, 4) is 5.75 Å². The van der Waals surface area contributed by atoms with Gasteiger partial charge in [0.15, 0.2) is 6.10 Å². The third kappa shape index (κ3) is 3.91. The normalized spacial score (nSPS) is 12.8. The summed E-state index contributed by atoms with van der Waals surface area (Å²) in [6, 6.07) is 5.75. The van der Waals surface area contributed by atoms with Crippen LogP contribution in [0.25, 0.3) is 0 Å². The molecule has 0 saturated heterocycles. The van der Waals surface area contributed by atoms with Crippen molar-refractivity contribution < 1.29 is 9.53 Å². The quantitative estimate of drug-likeness (QED) is 0.643. The van der Waals surface area contributed by atoms with E-state index in [2.05, 4.69) is 14.9 Å². The molecule has 7 heteroatoms. The van der Waals surface area contributed by atoms with Crippen LogP contribution in [-0.4, -0.2) is 22.1 Å². The van der Waals surface area contributed by atoms with Gasteiger partial charge in [-0.3, -0.25) is 4.79 Å². The first-order valence-electron chi connectivity index (χ1n) is 7.60. The lowest BCUT2D eigenvalue weighted by atomic mass is 10.1. The Hall–Kier alpha value is -2.41. The van der Waals surface area contributed by atoms with Crippen molar-refractivity contribution in [2.75, 3.05) is 5.73 Å². The Bertz CT molecular complexity index is 763. The molecule has 128 valence electrons. The zero-order valence-electron chi connectivity index (χ0n) is 14.5. The van der Waals surface area contributed by atoms with E-state index in [1.807, 2.05) is 39.0 Å². The number of carbonyl (C=O) groups is 1. The second-order valence-electron chi connectivity index (χ2n) is 5.64. The lowest BCUT2D eigenvalue weighted by Crippen LogP contribution is -2.34. The number of hydrazone groups is 1. The number of hydrogen-bond donors (Lipinski definition) is 2. The second kappa shape index (κ2) is 7.44. The van der Waals surface area contributed by atoms with Gasteiger partial charge in [0.05, 0.1) is 17.0 Å². The van der Waals surface area contributed by atoms with E-state index in [-0.39, 0.29) is 5.91 Å². The zero-order chi connectivity index (χ0) is 17.9. The summed E-state index contributed by atoms with van der Waals surface area (Å²) in [6.07, 6.45) is -0.666. The third-order valence-electron chi connectivity index (χ3n) is 3.81. The van der Waals surface area contributed by atoms with Gasteiger partial charge in [0.2, 0.25) is 0 Å². The van der Waals surface area contributed by atoms with Crippen LogP contribution in [-0.2, 0) is 4.79 Å². The van der Waals surface area contributed by atoms with Crippen LogP contribution in [0.5, 0.6) is 5.75 Å². The summed E-state index contributed by atoms with van der Waals surface area (Å²) in [5.41, 5.74) is 12.7. The molecule has 1 heterocycles. The van der Waals surface area contributed by atoms with Crippen molar-refractivity contribution in [1.82, 2.24) is 9.80 Å². The lowest BCUT2D eigenvalue weighted by molar-refractivity contribution is -0.127. The number of hydrogen-bond acceptors (Lipinski definition) is 6. The van der Waals surface area contributed by atoms with Crippen molar-refractivity contribution in [2.45, 2.75) is 40.7 Å². The first-order chi connectivity index (χ1) is 11.3. The molecule has 1 atom stereocenters. The minimum absolute atomic E-state index is 0.324. The number of nitrogens with zero attached hydrogens (tertiary/aromatic N) is 2. The van der Waals surface area contributed by atoms with Crippen LogP contribution < -0.4 is 15.9 Å². The minimum atomic E-state index is -0.666. The number of anilines is 1. The molecule has 2 aromatic rings. The number of aryl methyl sites for hydroxylation is 2. The minimum Gasteiger partial charge on any atom is -0.481 e. The van der Waals surface area contributed by atoms with Crippen LogP contribution in [0.2, 0.25) is 0 Å². The first kappa shape index (κ1) is 17.9. The van der Waals surface area contributed by atoms with E-state index in [1.54, 1.807) is 13.8 Å². The Balaban J connectivity index is 2.04. The molecular formula is C17H22N4O2S. The predicted molar refractivity (Wildman–Crippen MR) is 97.6 cm³/mol. The zero-order valence-corrected chi connectivity index (χ0v) is 15.3. The maximum absolute atomic E-state index is 12.2. The van der Waals surface area contributed by atoms with Crippen LogP contribution in [0.15, 0.2) is 23.3 Å². The van der Waals surface area contributed by atoms with Gasteiger partial charge in [-0.2, -0.15) is 9.47 Å². The Morgan fingerprint density at radius 1 is 1.38 bits per heavy atom. The molecular weight excluding hydrogens is 324 g/mol. The van der Waals surface area contributed by atoms with Gasteiger partial charge in [-0.15, -0.1) is 0 Å². The molecule has 3 N–H and O–H groups in total. The van der Waals surface area contributed by atoms with E-state index < -0.39 is 6.10 Å². The SMILES string of the molecule is C/C(=N/NC(=O)[C@@H](C)Oc1cccc(C)c1C)c1c(C)nsc1N. The molecule has 0 fully saturated rings. The molecule has 0 bridgehead atoms. The number of nitrogens with two attached hydrogens (primary N) is 1. The van der Waals surface area contributed by atoms with Crippen molar-refractivity contribution in [1.29, 1.82) is 0 Å². The molecule has 0 aliphatic carbocycles. The van der Waals surface area contributed by atoms with Gasteiger partial charge < -0.3 is 10.5 Å². The monoisotopic (exact) mass is 346 g/mol. The number of carbonyl (C=O) groups excluding carboxylic acids is 1. The third-order valence-corrected chi connectivity index (χ3v) is 4.58. The van der Waals surface area contributed by atoms with Gasteiger partial charge in [-0.05, 0) is 63.3 Å². The fourth-order valence-corrected chi connectivity index (χ4v) is 2.92. The van der Waals surface area contributed by atoms with E-state index in [0.717, 1.165) is 22.4 Å². The van der Waals surface area contributed by atoms with Gasteiger partial charge in [0.1, 0.15) is 10.8 Å². The molecule has 6 nitrogen and oxygen atoms in total. The molecule has 24 heavy (non-hydrogen) atoms. The highest BCUT2D eigenvalue weighted by atomic mass is 32.1. The Labute approximate surface area is 145 Å². The summed E-state index contributed by atoms with van der Waals surface area (Å²) in [6.45, 7) is 9.29. The summed E-state index contributed by atoms with van der Waals surface area (Å²) in [7, 11) is 0. The average molecular weight is 346 g/mol. The van der Waals surface area contributed by atoms with Gasteiger partial charge in [0.25, 0.3) is 5.91 Å². The van der Waals surface area contributed by atoms with Crippen LogP contribution >= 0.6 is 11.5 Å². The highest BCUT2D eigenvalue weighted by Crippen LogP contribution is 2.22. The van der Waals surface area contributed by atoms with Gasteiger partial charge in [-0.25, -0.2) is 5.43 Å². The van der Waals surface area contributed by atoms with Crippen LogP contribution in [0.3, 0.4) is 0 Å². The largest absolute Gasteiger partial charge is 0.481 e. The van der Waals surface area contributed by atoms with Crippen LogP contribution in [0, 0.1) is 20.8 Å². The van der Waals surface area contributed by atoms with E-state index in [0.29, 0.717) is 16.5 Å². The summed E-state index contributed by atoms with van der Waals surface area (Å²) >= 11 is 1.21. The summed E-state index contributed by atoms with van der Waals surface area (Å²) < 4.78 is 9.91. The summed E-state index contributed by atoms with van der Waals surface area (Å²) in [5, 5.41) is 4.70. The second-order valence-corrected chi connectivity index (χ2v) is 6.44. The lowest BCUT2D eigenvalue weighted by Gasteiger charge is -2.16. The van der Waals surface area contributed by atoms with E-state index in [1.165, 1.54) is 11.5 Å². The standard InChI is InChI=1S/C17H22N4O2S/c1-9-7-6-8-14(10(9)2)23-13(5)17(22)20-19-11(3)15-12(4)21-24-16(15)18/h6-8,13H,18H2,1-5H3,(H,20,22)/b19-11-/t13-/m1/s1. The molecule has 0 saturated carbocycles. The Morgan fingerprint density at radius 2 is 2.08 bits per heavy atom. The number of aromatic nitrogens is 1. The van der Waals surface area contributed by atoms with E-state index in [4.69, 9.17) is 10.5 Å². The number of nitrogen functional groups attached to an aromatic ring is 1. The predicted octanol–water partition coefficient (Wildman–Crippen LogP) is 2.96. The molecule has 1 aromatic heterocycles. The Morgan fingerprint density at radius 3 is 2.71 bits per heavy atom. The molecule has 0 aliphatic heterocycles. The summed E-state index contributed by atoms with van der Waals surface area (Å²) in [5.74, 6) is 0.371. The number of nitrogens with one attached hydrogen (secondary N) is 1. The van der Waals surface area contributed by atoms with Gasteiger partial charge in [0, 0.05) is 0 Å². The number of rotatable bonds is 5. The highest BCUT2D eigenvalue weighted by molar-refractivity contribution is 7.10. The fourth-order valence-electron chi connectivity index (χ4n) is 2.21. The number of amides is 1. The van der Waals surface area contributed by atoms with Gasteiger partial charge >= 0.3 is 0 Å². The topological polar surface area (TPSA) is 89.6 Å². The molecule has 0 radical (unpaired) electrons. The van der Waals surface area contributed by atoms with Crippen molar-refractivity contribution in [3.63, 3.8) is 0 Å². The number of benzene rings is 1. The van der Waals surface area contributed by atoms with Crippen molar-refractivity contribution in [2.24, 2.45) is 5.10 Å². The highest BCUT2D eigenvalue weighted by Gasteiger charge is 2.17. The van der Waals surface area contributed by atoms with E-state index in [9.17, 15) is 4.79 Å². The molecule has 2 rings (SSSR count). The van der Waals surface area contributed by atoms with Gasteiger partial charge in [-0.1, -0.05) is 12.1 Å². The first-order valence-corrected chi connectivity index (χ1v) is 8.37. The summed E-state index contributed by atoms with van der Waals surface area (Å²) in [4.78, 5) is 12.2. The molecule has 0 aliphatic rings. The maximum atomic E-state index is 12.2.